The number of nitrogens with one attached hydrogen (secondary N) is 2. The summed E-state index contributed by atoms with van der Waals surface area (Å²) in [5.41, 5.74) is -0.0525. The Bertz CT molecular complexity index is 473. The van der Waals surface area contributed by atoms with Crippen LogP contribution in [0.1, 0.15) is 44.9 Å². The van der Waals surface area contributed by atoms with E-state index in [0.29, 0.717) is 13.0 Å². The van der Waals surface area contributed by atoms with E-state index in [2.05, 4.69) is 10.6 Å². The summed E-state index contributed by atoms with van der Waals surface area (Å²) in [6, 6.07) is -0.364. The molecule has 2 amide bonds. The second-order valence-corrected chi connectivity index (χ2v) is 8.63. The van der Waals surface area contributed by atoms with Crippen LogP contribution in [0.25, 0.3) is 0 Å². The van der Waals surface area contributed by atoms with Crippen molar-refractivity contribution in [2.24, 2.45) is 17.8 Å². The van der Waals surface area contributed by atoms with Gasteiger partial charge < -0.3 is 10.6 Å². The van der Waals surface area contributed by atoms with Crippen molar-refractivity contribution in [3.05, 3.63) is 0 Å². The van der Waals surface area contributed by atoms with Gasteiger partial charge in [-0.1, -0.05) is 0 Å². The van der Waals surface area contributed by atoms with Crippen LogP contribution in [0, 0.1) is 17.8 Å². The van der Waals surface area contributed by atoms with Gasteiger partial charge >= 0.3 is 12.2 Å². The highest BCUT2D eigenvalue weighted by molar-refractivity contribution is 5.75. The molecule has 0 spiro atoms. The van der Waals surface area contributed by atoms with Crippen LogP contribution in [-0.2, 0) is 0 Å². The van der Waals surface area contributed by atoms with E-state index in [0.717, 1.165) is 37.0 Å². The topological polar surface area (TPSA) is 44.4 Å². The molecular formula is C17H26F3N3O. The van der Waals surface area contributed by atoms with Gasteiger partial charge in [0.15, 0.2) is 0 Å². The first kappa shape index (κ1) is 16.5. The van der Waals surface area contributed by atoms with Gasteiger partial charge in [0, 0.05) is 24.7 Å². The average Bonchev–Trinajstić information content (AvgIpc) is 2.80. The monoisotopic (exact) mass is 345 g/mol. The molecule has 4 nitrogen and oxygen atoms in total. The van der Waals surface area contributed by atoms with Gasteiger partial charge in [0.2, 0.25) is 0 Å². The van der Waals surface area contributed by atoms with Crippen molar-refractivity contribution in [3.8, 4) is 0 Å². The maximum absolute atomic E-state index is 12.4. The number of hydrogen-bond donors (Lipinski definition) is 2. The Hall–Kier alpha value is -0.980. The van der Waals surface area contributed by atoms with E-state index in [1.54, 1.807) is 0 Å². The minimum atomic E-state index is -4.17. The molecule has 4 bridgehead atoms. The van der Waals surface area contributed by atoms with Crippen LogP contribution >= 0.6 is 0 Å². The molecule has 5 aliphatic rings. The van der Waals surface area contributed by atoms with Gasteiger partial charge in [0.05, 0.1) is 6.54 Å². The number of halogens is 3. The fourth-order valence-corrected chi connectivity index (χ4v) is 6.07. The molecule has 1 saturated heterocycles. The predicted molar refractivity (Wildman–Crippen MR) is 83.5 cm³/mol. The Morgan fingerprint density at radius 2 is 1.67 bits per heavy atom. The van der Waals surface area contributed by atoms with Gasteiger partial charge in [-0.25, -0.2) is 4.79 Å². The van der Waals surface area contributed by atoms with E-state index >= 15 is 0 Å². The largest absolute Gasteiger partial charge is 0.401 e. The second kappa shape index (κ2) is 5.78. The molecule has 5 fully saturated rings. The Morgan fingerprint density at radius 1 is 1.08 bits per heavy atom. The summed E-state index contributed by atoms with van der Waals surface area (Å²) in [6.07, 6.45) is 3.61. The highest BCUT2D eigenvalue weighted by Crippen LogP contribution is 2.55. The number of rotatable bonds is 3. The van der Waals surface area contributed by atoms with Gasteiger partial charge in [0.25, 0.3) is 0 Å². The molecule has 4 aliphatic carbocycles. The Kier molecular flexibility index (Phi) is 3.97. The van der Waals surface area contributed by atoms with E-state index < -0.39 is 12.7 Å². The van der Waals surface area contributed by atoms with Gasteiger partial charge in [0.1, 0.15) is 0 Å². The lowest BCUT2D eigenvalue weighted by atomic mass is 9.53. The molecule has 24 heavy (non-hydrogen) atoms. The number of hydrogen-bond acceptors (Lipinski definition) is 2. The lowest BCUT2D eigenvalue weighted by Gasteiger charge is -2.56. The highest BCUT2D eigenvalue weighted by Gasteiger charge is 2.51. The Labute approximate surface area is 140 Å². The second-order valence-electron chi connectivity index (χ2n) is 8.63. The summed E-state index contributed by atoms with van der Waals surface area (Å²) in [7, 11) is 0. The number of alkyl halides is 3. The van der Waals surface area contributed by atoms with Gasteiger partial charge in [-0.2, -0.15) is 13.2 Å². The first-order valence-electron chi connectivity index (χ1n) is 9.16. The van der Waals surface area contributed by atoms with Crippen LogP contribution in [0.15, 0.2) is 0 Å². The summed E-state index contributed by atoms with van der Waals surface area (Å²) >= 11 is 0. The molecule has 0 radical (unpaired) electrons. The summed E-state index contributed by atoms with van der Waals surface area (Å²) in [5, 5.41) is 6.13. The fourth-order valence-electron chi connectivity index (χ4n) is 6.07. The SMILES string of the molecule is O=C(NC1CCN(CC(F)(F)F)C1)NC12CC3CC(CC(C3)C1)C2. The third-order valence-electron chi connectivity index (χ3n) is 6.43. The summed E-state index contributed by atoms with van der Waals surface area (Å²) in [5.74, 6) is 2.26. The molecule has 1 unspecified atom stereocenters. The lowest BCUT2D eigenvalue weighted by molar-refractivity contribution is -0.143. The normalized spacial score (nSPS) is 41.6. The molecule has 5 rings (SSSR count). The minimum absolute atomic E-state index is 0.0525. The van der Waals surface area contributed by atoms with Crippen molar-refractivity contribution < 1.29 is 18.0 Å². The molecule has 7 heteroatoms. The van der Waals surface area contributed by atoms with Crippen molar-refractivity contribution in [2.75, 3.05) is 19.6 Å². The van der Waals surface area contributed by atoms with Gasteiger partial charge in [-0.05, 0) is 62.7 Å². The van der Waals surface area contributed by atoms with Crippen molar-refractivity contribution in [1.82, 2.24) is 15.5 Å². The molecule has 1 atom stereocenters. The maximum atomic E-state index is 12.4. The smallest absolute Gasteiger partial charge is 0.334 e. The number of urea groups is 1. The molecule has 136 valence electrons. The number of amides is 2. The number of nitrogens with zero attached hydrogens (tertiary/aromatic N) is 1. The van der Waals surface area contributed by atoms with E-state index in [1.165, 1.54) is 24.2 Å². The minimum Gasteiger partial charge on any atom is -0.334 e. The summed E-state index contributed by atoms with van der Waals surface area (Å²) in [4.78, 5) is 13.8. The molecule has 4 saturated carbocycles. The summed E-state index contributed by atoms with van der Waals surface area (Å²) < 4.78 is 37.3. The van der Waals surface area contributed by atoms with Gasteiger partial charge in [-0.3, -0.25) is 4.90 Å². The summed E-state index contributed by atoms with van der Waals surface area (Å²) in [6.45, 7) is -0.211. The maximum Gasteiger partial charge on any atom is 0.401 e. The standard InChI is InChI=1S/C17H26F3N3O/c18-17(19,20)10-23-2-1-14(9-23)21-15(24)22-16-6-11-3-12(7-16)5-13(4-11)8-16/h11-14H,1-10H2,(H2,21,22,24). The van der Waals surface area contributed by atoms with E-state index in [-0.39, 0.29) is 24.2 Å². The van der Waals surface area contributed by atoms with E-state index in [4.69, 9.17) is 0 Å². The quantitative estimate of drug-likeness (QED) is 0.826. The van der Waals surface area contributed by atoms with Crippen LogP contribution in [0.3, 0.4) is 0 Å². The van der Waals surface area contributed by atoms with Crippen LogP contribution in [0.4, 0.5) is 18.0 Å². The number of likely N-dealkylation sites (tertiary alicyclic amines) is 1. The van der Waals surface area contributed by atoms with Crippen LogP contribution < -0.4 is 10.6 Å². The molecule has 2 N–H and O–H groups in total. The van der Waals surface area contributed by atoms with Crippen molar-refractivity contribution in [1.29, 1.82) is 0 Å². The third-order valence-corrected chi connectivity index (χ3v) is 6.43. The zero-order valence-corrected chi connectivity index (χ0v) is 13.9. The number of carbonyl (C=O) groups excluding carboxylic acids is 1. The average molecular weight is 345 g/mol. The molecule has 1 heterocycles. The molecular weight excluding hydrogens is 319 g/mol. The third kappa shape index (κ3) is 3.51. The zero-order valence-electron chi connectivity index (χ0n) is 13.9. The van der Waals surface area contributed by atoms with Crippen LogP contribution in [0.2, 0.25) is 0 Å². The molecule has 0 aromatic heterocycles. The Morgan fingerprint density at radius 3 is 2.21 bits per heavy atom. The first-order valence-corrected chi connectivity index (χ1v) is 9.16. The Balaban J connectivity index is 1.29. The first-order chi connectivity index (χ1) is 11.3. The van der Waals surface area contributed by atoms with Crippen LogP contribution in [-0.4, -0.2) is 48.3 Å². The zero-order chi connectivity index (χ0) is 16.9. The predicted octanol–water partition coefficient (Wildman–Crippen LogP) is 2.89. The fraction of sp³-hybridized carbons (Fsp3) is 0.941. The molecule has 0 aromatic carbocycles. The van der Waals surface area contributed by atoms with Gasteiger partial charge in [-0.15, -0.1) is 0 Å². The molecule has 1 aliphatic heterocycles. The van der Waals surface area contributed by atoms with E-state index in [1.807, 2.05) is 0 Å². The highest BCUT2D eigenvalue weighted by atomic mass is 19.4. The number of carbonyl (C=O) groups is 1. The lowest BCUT2D eigenvalue weighted by Crippen LogP contribution is -2.62. The molecule has 0 aromatic rings. The van der Waals surface area contributed by atoms with Crippen molar-refractivity contribution in [3.63, 3.8) is 0 Å². The van der Waals surface area contributed by atoms with Crippen LogP contribution in [0.5, 0.6) is 0 Å². The van der Waals surface area contributed by atoms with Crippen molar-refractivity contribution >= 4 is 6.03 Å². The van der Waals surface area contributed by atoms with E-state index in [9.17, 15) is 18.0 Å². The van der Waals surface area contributed by atoms with Crippen molar-refractivity contribution in [2.45, 2.75) is 62.7 Å².